The Labute approximate surface area is 140 Å². The van der Waals surface area contributed by atoms with Gasteiger partial charge in [-0.15, -0.1) is 11.3 Å². The molecular formula is C15H15BrClF2NS. The lowest BCUT2D eigenvalue weighted by molar-refractivity contribution is 0.488. The zero-order valence-corrected chi connectivity index (χ0v) is 14.6. The highest BCUT2D eigenvalue weighted by atomic mass is 79.9. The average Bonchev–Trinajstić information content (AvgIpc) is 2.87. The van der Waals surface area contributed by atoms with Crippen molar-refractivity contribution in [3.8, 4) is 0 Å². The third-order valence-corrected chi connectivity index (χ3v) is 5.17. The minimum absolute atomic E-state index is 0.0934. The van der Waals surface area contributed by atoms with Crippen LogP contribution in [0.1, 0.15) is 29.8 Å². The van der Waals surface area contributed by atoms with Crippen molar-refractivity contribution in [2.75, 3.05) is 6.54 Å². The maximum Gasteiger partial charge on any atom is 0.173 e. The van der Waals surface area contributed by atoms with Crippen molar-refractivity contribution in [3.05, 3.63) is 55.1 Å². The van der Waals surface area contributed by atoms with Gasteiger partial charge in [0, 0.05) is 17.3 Å². The molecular weight excluding hydrogens is 380 g/mol. The molecule has 1 heterocycles. The van der Waals surface area contributed by atoms with Gasteiger partial charge in [0.2, 0.25) is 0 Å². The summed E-state index contributed by atoms with van der Waals surface area (Å²) in [5.41, 5.74) is 0.715. The standard InChI is InChI=1S/C15H15BrClF2NS/c1-2-7-20-12(8-9-3-6-13(17)21-9)10-4-5-11(18)15(19)14(10)16/h3-6,12,20H,2,7-8H2,1H3. The van der Waals surface area contributed by atoms with Gasteiger partial charge in [-0.05, 0) is 52.7 Å². The van der Waals surface area contributed by atoms with Crippen LogP contribution >= 0.6 is 38.9 Å². The second-order valence-corrected chi connectivity index (χ2v) is 7.27. The van der Waals surface area contributed by atoms with Crippen LogP contribution in [-0.4, -0.2) is 6.54 Å². The van der Waals surface area contributed by atoms with Gasteiger partial charge in [0.15, 0.2) is 11.6 Å². The highest BCUT2D eigenvalue weighted by Crippen LogP contribution is 2.32. The van der Waals surface area contributed by atoms with Crippen molar-refractivity contribution in [3.63, 3.8) is 0 Å². The Hall–Kier alpha value is -0.490. The van der Waals surface area contributed by atoms with Crippen LogP contribution in [0.3, 0.4) is 0 Å². The van der Waals surface area contributed by atoms with Crippen LogP contribution in [-0.2, 0) is 6.42 Å². The molecule has 0 saturated heterocycles. The summed E-state index contributed by atoms with van der Waals surface area (Å²) in [4.78, 5) is 1.10. The summed E-state index contributed by atoms with van der Waals surface area (Å²) in [6.07, 6.45) is 1.64. The molecule has 0 spiro atoms. The Balaban J connectivity index is 2.29. The molecule has 0 aliphatic heterocycles. The minimum Gasteiger partial charge on any atom is -0.310 e. The van der Waals surface area contributed by atoms with Crippen LogP contribution in [0, 0.1) is 11.6 Å². The number of benzene rings is 1. The van der Waals surface area contributed by atoms with Gasteiger partial charge >= 0.3 is 0 Å². The zero-order chi connectivity index (χ0) is 15.4. The fourth-order valence-electron chi connectivity index (χ4n) is 2.08. The molecule has 1 atom stereocenters. The van der Waals surface area contributed by atoms with E-state index in [4.69, 9.17) is 11.6 Å². The summed E-state index contributed by atoms with van der Waals surface area (Å²) in [7, 11) is 0. The van der Waals surface area contributed by atoms with E-state index in [1.54, 1.807) is 6.07 Å². The molecule has 1 aromatic heterocycles. The monoisotopic (exact) mass is 393 g/mol. The molecule has 0 saturated carbocycles. The molecule has 0 bridgehead atoms. The largest absolute Gasteiger partial charge is 0.310 e. The highest BCUT2D eigenvalue weighted by Gasteiger charge is 2.19. The third-order valence-electron chi connectivity index (χ3n) is 3.12. The Morgan fingerprint density at radius 1 is 1.29 bits per heavy atom. The second-order valence-electron chi connectivity index (χ2n) is 4.68. The first-order valence-corrected chi connectivity index (χ1v) is 8.62. The van der Waals surface area contributed by atoms with Gasteiger partial charge in [-0.3, -0.25) is 0 Å². The number of hydrogen-bond donors (Lipinski definition) is 1. The predicted molar refractivity (Wildman–Crippen MR) is 88.1 cm³/mol. The van der Waals surface area contributed by atoms with Gasteiger partial charge in [0.05, 0.1) is 8.81 Å². The molecule has 2 rings (SSSR count). The molecule has 21 heavy (non-hydrogen) atoms. The van der Waals surface area contributed by atoms with E-state index in [0.29, 0.717) is 12.0 Å². The molecule has 0 aliphatic rings. The van der Waals surface area contributed by atoms with Crippen LogP contribution in [0.15, 0.2) is 28.7 Å². The van der Waals surface area contributed by atoms with E-state index in [0.717, 1.165) is 28.2 Å². The average molecular weight is 395 g/mol. The summed E-state index contributed by atoms with van der Waals surface area (Å²) in [5.74, 6) is -1.70. The predicted octanol–water partition coefficient (Wildman–Crippen LogP) is 5.73. The van der Waals surface area contributed by atoms with Crippen LogP contribution in [0.25, 0.3) is 0 Å². The van der Waals surface area contributed by atoms with Gasteiger partial charge in [-0.1, -0.05) is 24.6 Å². The normalized spacial score (nSPS) is 12.6. The summed E-state index contributed by atoms with van der Waals surface area (Å²) < 4.78 is 27.9. The highest BCUT2D eigenvalue weighted by molar-refractivity contribution is 9.10. The molecule has 1 unspecified atom stereocenters. The fourth-order valence-corrected chi connectivity index (χ4v) is 3.81. The Morgan fingerprint density at radius 2 is 2.05 bits per heavy atom. The van der Waals surface area contributed by atoms with Crippen molar-refractivity contribution >= 4 is 38.9 Å². The first kappa shape index (κ1) is 16.9. The Bertz CT molecular complexity index is 618. The minimum atomic E-state index is -0.848. The van der Waals surface area contributed by atoms with E-state index in [9.17, 15) is 8.78 Å². The number of rotatable bonds is 6. The summed E-state index contributed by atoms with van der Waals surface area (Å²) >= 11 is 10.6. The maximum atomic E-state index is 13.7. The topological polar surface area (TPSA) is 12.0 Å². The molecule has 1 nitrogen and oxygen atoms in total. The summed E-state index contributed by atoms with van der Waals surface area (Å²) in [6, 6.07) is 6.49. The van der Waals surface area contributed by atoms with E-state index in [2.05, 4.69) is 28.2 Å². The van der Waals surface area contributed by atoms with Crippen molar-refractivity contribution in [1.82, 2.24) is 5.32 Å². The maximum absolute atomic E-state index is 13.7. The molecule has 0 amide bonds. The molecule has 6 heteroatoms. The van der Waals surface area contributed by atoms with Gasteiger partial charge in [0.25, 0.3) is 0 Å². The van der Waals surface area contributed by atoms with E-state index < -0.39 is 11.6 Å². The lowest BCUT2D eigenvalue weighted by Crippen LogP contribution is -2.24. The van der Waals surface area contributed by atoms with E-state index >= 15 is 0 Å². The molecule has 0 aliphatic carbocycles. The first-order chi connectivity index (χ1) is 10.0. The van der Waals surface area contributed by atoms with Gasteiger partial charge < -0.3 is 5.32 Å². The number of thiophene rings is 1. The zero-order valence-electron chi connectivity index (χ0n) is 11.4. The quantitative estimate of drug-likeness (QED) is 0.617. The van der Waals surface area contributed by atoms with E-state index in [1.165, 1.54) is 11.3 Å². The smallest absolute Gasteiger partial charge is 0.173 e. The molecule has 2 aromatic rings. The SMILES string of the molecule is CCCNC(Cc1ccc(Cl)s1)c1ccc(F)c(F)c1Br. The molecule has 0 fully saturated rings. The lowest BCUT2D eigenvalue weighted by atomic mass is 10.0. The van der Waals surface area contributed by atoms with Crippen LogP contribution in [0.2, 0.25) is 4.34 Å². The van der Waals surface area contributed by atoms with Gasteiger partial charge in [-0.2, -0.15) is 0 Å². The van der Waals surface area contributed by atoms with Gasteiger partial charge in [-0.25, -0.2) is 8.78 Å². The van der Waals surface area contributed by atoms with E-state index in [1.807, 2.05) is 12.1 Å². The molecule has 0 radical (unpaired) electrons. The van der Waals surface area contributed by atoms with Crippen LogP contribution in [0.4, 0.5) is 8.78 Å². The number of hydrogen-bond acceptors (Lipinski definition) is 2. The Kier molecular flexibility index (Phi) is 6.17. The second kappa shape index (κ2) is 7.68. The summed E-state index contributed by atoms with van der Waals surface area (Å²) in [5, 5.41) is 3.38. The molecule has 1 N–H and O–H groups in total. The fraction of sp³-hybridized carbons (Fsp3) is 0.333. The molecule has 1 aromatic carbocycles. The first-order valence-electron chi connectivity index (χ1n) is 6.64. The van der Waals surface area contributed by atoms with Crippen molar-refractivity contribution in [2.45, 2.75) is 25.8 Å². The van der Waals surface area contributed by atoms with E-state index in [-0.39, 0.29) is 10.5 Å². The van der Waals surface area contributed by atoms with Crippen molar-refractivity contribution in [1.29, 1.82) is 0 Å². The van der Waals surface area contributed by atoms with Crippen LogP contribution < -0.4 is 5.32 Å². The summed E-state index contributed by atoms with van der Waals surface area (Å²) in [6.45, 7) is 2.86. The van der Waals surface area contributed by atoms with Crippen molar-refractivity contribution < 1.29 is 8.78 Å². The number of halogens is 4. The third kappa shape index (κ3) is 4.25. The number of nitrogens with one attached hydrogen (secondary N) is 1. The lowest BCUT2D eigenvalue weighted by Gasteiger charge is -2.20. The Morgan fingerprint density at radius 3 is 2.67 bits per heavy atom. The van der Waals surface area contributed by atoms with Crippen LogP contribution in [0.5, 0.6) is 0 Å². The van der Waals surface area contributed by atoms with Gasteiger partial charge in [0.1, 0.15) is 0 Å². The molecule has 114 valence electrons. The van der Waals surface area contributed by atoms with Crippen molar-refractivity contribution in [2.24, 2.45) is 0 Å².